The van der Waals surface area contributed by atoms with Crippen LogP contribution in [0.4, 0.5) is 0 Å². The lowest BCUT2D eigenvalue weighted by Crippen LogP contribution is -2.39. The minimum absolute atomic E-state index is 0.0260. The SMILES string of the molecule is CC(C)C1CCCN1C(=O)c1ncccc1C(=O)O. The van der Waals surface area contributed by atoms with Crippen LogP contribution in [0, 0.1) is 5.92 Å². The largest absolute Gasteiger partial charge is 0.478 e. The molecule has 0 bridgehead atoms. The summed E-state index contributed by atoms with van der Waals surface area (Å²) in [5, 5.41) is 9.12. The fourth-order valence-electron chi connectivity index (χ4n) is 2.62. The molecule has 0 aliphatic carbocycles. The van der Waals surface area contributed by atoms with E-state index in [0.29, 0.717) is 12.5 Å². The van der Waals surface area contributed by atoms with Crippen LogP contribution in [0.2, 0.25) is 0 Å². The summed E-state index contributed by atoms with van der Waals surface area (Å²) < 4.78 is 0. The number of aromatic carboxylic acids is 1. The predicted molar refractivity (Wildman–Crippen MR) is 70.1 cm³/mol. The Morgan fingerprint density at radius 2 is 2.21 bits per heavy atom. The second-order valence-corrected chi connectivity index (χ2v) is 5.16. The quantitative estimate of drug-likeness (QED) is 0.905. The van der Waals surface area contributed by atoms with Crippen LogP contribution >= 0.6 is 0 Å². The van der Waals surface area contributed by atoms with Gasteiger partial charge in [-0.05, 0) is 30.9 Å². The normalized spacial score (nSPS) is 18.9. The average molecular weight is 262 g/mol. The van der Waals surface area contributed by atoms with Crippen molar-refractivity contribution in [3.8, 4) is 0 Å². The molecule has 1 amide bonds. The third-order valence-corrected chi connectivity index (χ3v) is 3.57. The lowest BCUT2D eigenvalue weighted by atomic mass is 10.0. The van der Waals surface area contributed by atoms with Gasteiger partial charge in [0.25, 0.3) is 5.91 Å². The molecule has 1 aliphatic heterocycles. The maximum atomic E-state index is 12.5. The molecule has 0 saturated carbocycles. The van der Waals surface area contributed by atoms with Crippen LogP contribution in [0.3, 0.4) is 0 Å². The smallest absolute Gasteiger partial charge is 0.338 e. The second-order valence-electron chi connectivity index (χ2n) is 5.16. The minimum atomic E-state index is -1.11. The van der Waals surface area contributed by atoms with Gasteiger partial charge in [0.05, 0.1) is 5.56 Å². The van der Waals surface area contributed by atoms with Gasteiger partial charge in [-0.25, -0.2) is 4.79 Å². The number of carboxylic acid groups (broad SMARTS) is 1. The number of hydrogen-bond donors (Lipinski definition) is 1. The van der Waals surface area contributed by atoms with Crippen molar-refractivity contribution in [1.82, 2.24) is 9.88 Å². The van der Waals surface area contributed by atoms with Gasteiger partial charge in [0.15, 0.2) is 0 Å². The summed E-state index contributed by atoms with van der Waals surface area (Å²) in [6.07, 6.45) is 3.39. The Labute approximate surface area is 112 Å². The zero-order valence-corrected chi connectivity index (χ0v) is 11.2. The first-order valence-electron chi connectivity index (χ1n) is 6.51. The van der Waals surface area contributed by atoms with Gasteiger partial charge in [0.1, 0.15) is 5.69 Å². The number of amides is 1. The molecular formula is C14H18N2O3. The van der Waals surface area contributed by atoms with Gasteiger partial charge in [-0.1, -0.05) is 13.8 Å². The van der Waals surface area contributed by atoms with Crippen LogP contribution in [-0.2, 0) is 0 Å². The van der Waals surface area contributed by atoms with Crippen LogP contribution in [0.25, 0.3) is 0 Å². The zero-order valence-electron chi connectivity index (χ0n) is 11.2. The van der Waals surface area contributed by atoms with E-state index >= 15 is 0 Å². The Morgan fingerprint density at radius 1 is 1.47 bits per heavy atom. The predicted octanol–water partition coefficient (Wildman–Crippen LogP) is 2.04. The van der Waals surface area contributed by atoms with Gasteiger partial charge in [0, 0.05) is 18.8 Å². The summed E-state index contributed by atoms with van der Waals surface area (Å²) in [4.78, 5) is 29.4. The molecule has 0 aromatic carbocycles. The molecule has 1 aromatic heterocycles. The first-order valence-corrected chi connectivity index (χ1v) is 6.51. The fourth-order valence-corrected chi connectivity index (χ4v) is 2.62. The molecule has 1 N–H and O–H groups in total. The van der Waals surface area contributed by atoms with Gasteiger partial charge in [-0.15, -0.1) is 0 Å². The molecule has 1 unspecified atom stereocenters. The Kier molecular flexibility index (Phi) is 3.83. The Bertz CT molecular complexity index is 499. The number of likely N-dealkylation sites (tertiary alicyclic amines) is 1. The Hall–Kier alpha value is -1.91. The van der Waals surface area contributed by atoms with Crippen LogP contribution in [-0.4, -0.2) is 39.5 Å². The van der Waals surface area contributed by atoms with Gasteiger partial charge in [-0.3, -0.25) is 9.78 Å². The van der Waals surface area contributed by atoms with Gasteiger partial charge in [0.2, 0.25) is 0 Å². The molecule has 1 aromatic rings. The van der Waals surface area contributed by atoms with Crippen molar-refractivity contribution in [1.29, 1.82) is 0 Å². The molecule has 1 aliphatic rings. The molecular weight excluding hydrogens is 244 g/mol. The molecule has 0 spiro atoms. The van der Waals surface area contributed by atoms with Gasteiger partial charge in [-0.2, -0.15) is 0 Å². The Balaban J connectivity index is 2.32. The number of aromatic nitrogens is 1. The highest BCUT2D eigenvalue weighted by Crippen LogP contribution is 2.25. The maximum absolute atomic E-state index is 12.5. The molecule has 2 heterocycles. The van der Waals surface area contributed by atoms with E-state index in [-0.39, 0.29) is 23.2 Å². The third-order valence-electron chi connectivity index (χ3n) is 3.57. The maximum Gasteiger partial charge on any atom is 0.338 e. The summed E-state index contributed by atoms with van der Waals surface area (Å²) in [5.74, 6) is -1.02. The van der Waals surface area contributed by atoms with E-state index in [4.69, 9.17) is 5.11 Å². The monoisotopic (exact) mass is 262 g/mol. The third kappa shape index (κ3) is 2.59. The van der Waals surface area contributed by atoms with Crippen LogP contribution in [0.5, 0.6) is 0 Å². The molecule has 19 heavy (non-hydrogen) atoms. The number of nitrogens with zero attached hydrogens (tertiary/aromatic N) is 2. The van der Waals surface area contributed by atoms with Crippen LogP contribution < -0.4 is 0 Å². The summed E-state index contributed by atoms with van der Waals surface area (Å²) in [5.41, 5.74) is 0.0180. The van der Waals surface area contributed by atoms with Crippen molar-refractivity contribution in [2.24, 2.45) is 5.92 Å². The summed E-state index contributed by atoms with van der Waals surface area (Å²) in [6.45, 7) is 4.83. The number of rotatable bonds is 3. The van der Waals surface area contributed by atoms with Gasteiger partial charge >= 0.3 is 5.97 Å². The van der Waals surface area contributed by atoms with E-state index in [9.17, 15) is 9.59 Å². The van der Waals surface area contributed by atoms with E-state index < -0.39 is 5.97 Å². The first-order chi connectivity index (χ1) is 9.02. The van der Waals surface area contributed by atoms with Crippen LogP contribution in [0.15, 0.2) is 18.3 Å². The zero-order chi connectivity index (χ0) is 14.0. The topological polar surface area (TPSA) is 70.5 Å². The minimum Gasteiger partial charge on any atom is -0.478 e. The number of pyridine rings is 1. The summed E-state index contributed by atoms with van der Waals surface area (Å²) in [7, 11) is 0. The van der Waals surface area contributed by atoms with E-state index in [1.54, 1.807) is 4.90 Å². The molecule has 1 saturated heterocycles. The fraction of sp³-hybridized carbons (Fsp3) is 0.500. The lowest BCUT2D eigenvalue weighted by molar-refractivity contribution is 0.0652. The van der Waals surface area contributed by atoms with Crippen molar-refractivity contribution in [3.05, 3.63) is 29.6 Å². The summed E-state index contributed by atoms with van der Waals surface area (Å²) in [6, 6.07) is 3.13. The number of carbonyl (C=O) groups is 2. The number of carboxylic acids is 1. The summed E-state index contributed by atoms with van der Waals surface area (Å²) >= 11 is 0. The van der Waals surface area contributed by atoms with E-state index in [1.165, 1.54) is 18.3 Å². The van der Waals surface area contributed by atoms with Crippen molar-refractivity contribution in [2.75, 3.05) is 6.54 Å². The van der Waals surface area contributed by atoms with E-state index in [0.717, 1.165) is 12.8 Å². The van der Waals surface area contributed by atoms with Crippen molar-refractivity contribution in [3.63, 3.8) is 0 Å². The highest BCUT2D eigenvalue weighted by atomic mass is 16.4. The Morgan fingerprint density at radius 3 is 2.84 bits per heavy atom. The highest BCUT2D eigenvalue weighted by molar-refractivity contribution is 6.03. The van der Waals surface area contributed by atoms with E-state index in [1.807, 2.05) is 0 Å². The molecule has 102 valence electrons. The molecule has 5 nitrogen and oxygen atoms in total. The van der Waals surface area contributed by atoms with Crippen LogP contribution in [0.1, 0.15) is 47.5 Å². The molecule has 0 radical (unpaired) electrons. The molecule has 5 heteroatoms. The average Bonchev–Trinajstić information content (AvgIpc) is 2.87. The second kappa shape index (κ2) is 5.38. The first kappa shape index (κ1) is 13.5. The molecule has 1 fully saturated rings. The lowest BCUT2D eigenvalue weighted by Gasteiger charge is -2.27. The standard InChI is InChI=1S/C14H18N2O3/c1-9(2)11-6-4-8-16(11)13(17)12-10(14(18)19)5-3-7-15-12/h3,5,7,9,11H,4,6,8H2,1-2H3,(H,18,19). The van der Waals surface area contributed by atoms with Crippen molar-refractivity contribution in [2.45, 2.75) is 32.7 Å². The van der Waals surface area contributed by atoms with Crippen molar-refractivity contribution >= 4 is 11.9 Å². The molecule has 2 rings (SSSR count). The molecule has 1 atom stereocenters. The number of carbonyl (C=O) groups excluding carboxylic acids is 1. The highest BCUT2D eigenvalue weighted by Gasteiger charge is 2.33. The van der Waals surface area contributed by atoms with Crippen molar-refractivity contribution < 1.29 is 14.7 Å². The number of hydrogen-bond acceptors (Lipinski definition) is 3. The van der Waals surface area contributed by atoms with Gasteiger partial charge < -0.3 is 10.0 Å². The van der Waals surface area contributed by atoms with E-state index in [2.05, 4.69) is 18.8 Å².